The van der Waals surface area contributed by atoms with E-state index >= 15 is 0 Å². The molecule has 238 valence electrons. The van der Waals surface area contributed by atoms with Crippen molar-refractivity contribution < 1.29 is 21.5 Å². The first-order valence-corrected chi connectivity index (χ1v) is 18.6. The second-order valence-electron chi connectivity index (χ2n) is 13.1. The Hall–Kier alpha value is 0.440. The number of hydrogen-bond acceptors (Lipinski definition) is 0. The largest absolute Gasteiger partial charge is 1.00 e. The summed E-state index contributed by atoms with van der Waals surface area (Å²) in [5, 5.41) is 0. The van der Waals surface area contributed by atoms with E-state index in [1.54, 1.807) is 0 Å². The second kappa shape index (κ2) is 34.6. The van der Waals surface area contributed by atoms with Crippen molar-refractivity contribution >= 4 is 0 Å². The minimum absolute atomic E-state index is 0. The van der Waals surface area contributed by atoms with Crippen molar-refractivity contribution in [3.63, 3.8) is 0 Å². The summed E-state index contributed by atoms with van der Waals surface area (Å²) in [7, 11) is 0. The van der Waals surface area contributed by atoms with E-state index in [-0.39, 0.29) is 17.0 Å². The van der Waals surface area contributed by atoms with Gasteiger partial charge in [0.2, 0.25) is 0 Å². The van der Waals surface area contributed by atoms with E-state index in [0.29, 0.717) is 0 Å². The molecule has 0 fully saturated rings. The van der Waals surface area contributed by atoms with Gasteiger partial charge in [-0.2, -0.15) is 0 Å². The highest BCUT2D eigenvalue weighted by molar-refractivity contribution is 4.54. The quantitative estimate of drug-likeness (QED) is 0.0508. The molecular weight excluding hydrogens is 538 g/mol. The van der Waals surface area contributed by atoms with Crippen molar-refractivity contribution in [3.8, 4) is 0 Å². The number of nitrogens with zero attached hydrogens (tertiary/aromatic N) is 1. The normalized spacial score (nSPS) is 11.7. The Labute approximate surface area is 260 Å². The van der Waals surface area contributed by atoms with Gasteiger partial charge in [0.1, 0.15) is 0 Å². The number of halogens is 1. The smallest absolute Gasteiger partial charge is 0.0786 e. The summed E-state index contributed by atoms with van der Waals surface area (Å²) in [6.07, 6.45) is 42.3. The van der Waals surface area contributed by atoms with Crippen LogP contribution in [0, 0.1) is 0 Å². The summed E-state index contributed by atoms with van der Waals surface area (Å²) in [4.78, 5) is 0. The van der Waals surface area contributed by atoms with Crippen LogP contribution < -0.4 is 17.0 Å². The Balaban J connectivity index is 0. The van der Waals surface area contributed by atoms with E-state index in [9.17, 15) is 0 Å². The van der Waals surface area contributed by atoms with Crippen molar-refractivity contribution in [1.82, 2.24) is 0 Å². The highest BCUT2D eigenvalue weighted by atomic mass is 79.9. The molecule has 1 nitrogen and oxygen atoms in total. The molecule has 2 heteroatoms. The first-order chi connectivity index (χ1) is 18.7. The van der Waals surface area contributed by atoms with Gasteiger partial charge < -0.3 is 21.5 Å². The fourth-order valence-electron chi connectivity index (χ4n) is 6.46. The third kappa shape index (κ3) is 29.7. The van der Waals surface area contributed by atoms with Gasteiger partial charge in [-0.25, -0.2) is 0 Å². The number of quaternary nitrogens is 1. The third-order valence-electron chi connectivity index (χ3n) is 9.19. The molecule has 0 aliphatic carbocycles. The summed E-state index contributed by atoms with van der Waals surface area (Å²) in [5.74, 6) is 0. The monoisotopic (exact) mass is 616 g/mol. The molecule has 0 atom stereocenters. The van der Waals surface area contributed by atoms with E-state index in [0.717, 1.165) is 0 Å². The lowest BCUT2D eigenvalue weighted by molar-refractivity contribution is -0.929. The Morgan fingerprint density at radius 3 is 0.615 bits per heavy atom. The predicted octanol–water partition coefficient (Wildman–Crippen LogP) is 10.2. The van der Waals surface area contributed by atoms with Gasteiger partial charge in [0, 0.05) is 0 Å². The van der Waals surface area contributed by atoms with Crippen LogP contribution in [0.15, 0.2) is 0 Å². The zero-order valence-electron chi connectivity index (χ0n) is 28.2. The number of unbranched alkanes of at least 4 members (excludes halogenated alkanes) is 25. The zero-order valence-corrected chi connectivity index (χ0v) is 29.7. The van der Waals surface area contributed by atoms with Crippen LogP contribution in [0.3, 0.4) is 0 Å². The summed E-state index contributed by atoms with van der Waals surface area (Å²) in [5.41, 5.74) is 0. The second-order valence-corrected chi connectivity index (χ2v) is 13.1. The molecule has 0 unspecified atom stereocenters. The van der Waals surface area contributed by atoms with E-state index in [1.807, 2.05) is 0 Å². The molecule has 0 saturated heterocycles. The molecule has 0 bridgehead atoms. The maximum atomic E-state index is 2.36. The molecule has 0 aromatic rings. The molecular formula is C37H78BrN. The third-order valence-corrected chi connectivity index (χ3v) is 9.19. The molecule has 0 heterocycles. The highest BCUT2D eigenvalue weighted by Crippen LogP contribution is 2.20. The first-order valence-electron chi connectivity index (χ1n) is 18.6. The maximum Gasteiger partial charge on any atom is 0.0786 e. The van der Waals surface area contributed by atoms with Crippen LogP contribution in [-0.4, -0.2) is 30.7 Å². The Kier molecular flexibility index (Phi) is 36.9. The number of rotatable bonds is 33. The zero-order chi connectivity index (χ0) is 27.8. The first kappa shape index (κ1) is 41.6. The number of hydrogen-bond donors (Lipinski definition) is 0. The molecule has 0 saturated carbocycles. The van der Waals surface area contributed by atoms with E-state index in [2.05, 4.69) is 27.7 Å². The van der Waals surface area contributed by atoms with Gasteiger partial charge in [-0.1, -0.05) is 163 Å². The molecule has 0 rings (SSSR count). The standard InChI is InChI=1S/C37H78N.BrH/c1-5-9-13-14-15-16-17-18-19-20-21-22-23-24-25-26-27-28-29-33-37-38(34-30-10-6-2,35-31-11-7-3)36-32-12-8-4;/h5-37H2,1-4H3;1H/q+1;/p-1. The molecule has 0 amide bonds. The van der Waals surface area contributed by atoms with Gasteiger partial charge in [-0.05, 0) is 51.4 Å². The van der Waals surface area contributed by atoms with Crippen molar-refractivity contribution in [2.45, 2.75) is 214 Å². The molecule has 0 aromatic carbocycles. The fraction of sp³-hybridized carbons (Fsp3) is 1.00. The molecule has 0 radical (unpaired) electrons. The van der Waals surface area contributed by atoms with E-state index < -0.39 is 0 Å². The lowest BCUT2D eigenvalue weighted by Crippen LogP contribution is -3.00. The molecule has 0 spiro atoms. The van der Waals surface area contributed by atoms with Gasteiger partial charge >= 0.3 is 0 Å². The van der Waals surface area contributed by atoms with E-state index in [1.165, 1.54) is 217 Å². The lowest BCUT2D eigenvalue weighted by Gasteiger charge is -2.39. The van der Waals surface area contributed by atoms with Gasteiger partial charge in [-0.3, -0.25) is 0 Å². The summed E-state index contributed by atoms with van der Waals surface area (Å²) in [6.45, 7) is 15.2. The van der Waals surface area contributed by atoms with Crippen LogP contribution >= 0.6 is 0 Å². The van der Waals surface area contributed by atoms with Gasteiger partial charge in [0.15, 0.2) is 0 Å². The van der Waals surface area contributed by atoms with Crippen LogP contribution in [-0.2, 0) is 0 Å². The van der Waals surface area contributed by atoms with Crippen LogP contribution in [0.25, 0.3) is 0 Å². The van der Waals surface area contributed by atoms with Gasteiger partial charge in [0.25, 0.3) is 0 Å². The van der Waals surface area contributed by atoms with Gasteiger partial charge in [0.05, 0.1) is 26.2 Å². The minimum Gasteiger partial charge on any atom is -1.00 e. The molecule has 0 N–H and O–H groups in total. The predicted molar refractivity (Wildman–Crippen MR) is 176 cm³/mol. The maximum absolute atomic E-state index is 2.36. The Morgan fingerprint density at radius 2 is 0.385 bits per heavy atom. The van der Waals surface area contributed by atoms with Crippen LogP contribution in [0.4, 0.5) is 0 Å². The summed E-state index contributed by atoms with van der Waals surface area (Å²) in [6, 6.07) is 0. The van der Waals surface area contributed by atoms with E-state index in [4.69, 9.17) is 0 Å². The average Bonchev–Trinajstić information content (AvgIpc) is 2.92. The SMILES string of the molecule is CCCCCCCCCCCCCCCCCCCCCC[N+](CCCCC)(CCCCC)CCCCC.[Br-]. The Bertz CT molecular complexity index is 397. The van der Waals surface area contributed by atoms with Gasteiger partial charge in [-0.15, -0.1) is 0 Å². The summed E-state index contributed by atoms with van der Waals surface area (Å²) < 4.78 is 1.46. The summed E-state index contributed by atoms with van der Waals surface area (Å²) >= 11 is 0. The molecule has 39 heavy (non-hydrogen) atoms. The minimum atomic E-state index is 0. The van der Waals surface area contributed by atoms with Crippen molar-refractivity contribution in [2.24, 2.45) is 0 Å². The molecule has 0 aromatic heterocycles. The fourth-order valence-corrected chi connectivity index (χ4v) is 6.46. The van der Waals surface area contributed by atoms with Crippen molar-refractivity contribution in [2.75, 3.05) is 26.2 Å². The molecule has 0 aliphatic heterocycles. The van der Waals surface area contributed by atoms with Crippen LogP contribution in [0.2, 0.25) is 0 Å². The van der Waals surface area contributed by atoms with Crippen LogP contribution in [0.1, 0.15) is 214 Å². The van der Waals surface area contributed by atoms with Crippen LogP contribution in [0.5, 0.6) is 0 Å². The van der Waals surface area contributed by atoms with Crippen molar-refractivity contribution in [3.05, 3.63) is 0 Å². The lowest BCUT2D eigenvalue weighted by atomic mass is 10.0. The van der Waals surface area contributed by atoms with Crippen molar-refractivity contribution in [1.29, 1.82) is 0 Å². The highest BCUT2D eigenvalue weighted by Gasteiger charge is 2.25. The molecule has 0 aliphatic rings. The topological polar surface area (TPSA) is 0 Å². The Morgan fingerprint density at radius 1 is 0.231 bits per heavy atom. The average molecular weight is 617 g/mol.